The molecule has 3 rings (SSSR count). The molecule has 2 aromatic rings. The summed E-state index contributed by atoms with van der Waals surface area (Å²) >= 11 is 0. The number of aryl methyl sites for hydroxylation is 1. The van der Waals surface area contributed by atoms with Gasteiger partial charge in [-0.25, -0.2) is 4.79 Å². The molecule has 0 bridgehead atoms. The van der Waals surface area contributed by atoms with Crippen LogP contribution in [0, 0.1) is 6.92 Å². The van der Waals surface area contributed by atoms with E-state index >= 15 is 0 Å². The summed E-state index contributed by atoms with van der Waals surface area (Å²) in [6.07, 6.45) is 1.44. The van der Waals surface area contributed by atoms with Gasteiger partial charge in [0, 0.05) is 37.9 Å². The van der Waals surface area contributed by atoms with Gasteiger partial charge in [-0.2, -0.15) is 0 Å². The Hall–Kier alpha value is -2.50. The Morgan fingerprint density at radius 1 is 1.24 bits per heavy atom. The highest BCUT2D eigenvalue weighted by molar-refractivity contribution is 5.88. The second kappa shape index (κ2) is 5.87. The molecule has 0 aliphatic carbocycles. The lowest BCUT2D eigenvalue weighted by Gasteiger charge is -2.36. The van der Waals surface area contributed by atoms with Crippen molar-refractivity contribution in [2.75, 3.05) is 36.4 Å². The summed E-state index contributed by atoms with van der Waals surface area (Å²) in [7, 11) is 0. The van der Waals surface area contributed by atoms with Crippen molar-refractivity contribution in [2.24, 2.45) is 0 Å². The van der Waals surface area contributed by atoms with Gasteiger partial charge in [0.1, 0.15) is 6.26 Å². The van der Waals surface area contributed by atoms with Crippen molar-refractivity contribution < 1.29 is 9.32 Å². The summed E-state index contributed by atoms with van der Waals surface area (Å²) in [6, 6.07) is 9.93. The average molecular weight is 286 g/mol. The Kier molecular flexibility index (Phi) is 3.77. The maximum absolute atomic E-state index is 12.1. The van der Waals surface area contributed by atoms with E-state index in [-0.39, 0.29) is 6.03 Å². The third-order valence-corrected chi connectivity index (χ3v) is 3.61. The van der Waals surface area contributed by atoms with Crippen LogP contribution in [0.4, 0.5) is 16.3 Å². The Balaban J connectivity index is 1.56. The molecule has 2 heterocycles. The normalized spacial score (nSPS) is 15.1. The zero-order chi connectivity index (χ0) is 14.7. The van der Waals surface area contributed by atoms with Crippen LogP contribution in [-0.4, -0.2) is 42.3 Å². The molecule has 2 amide bonds. The second-order valence-electron chi connectivity index (χ2n) is 5.13. The van der Waals surface area contributed by atoms with Gasteiger partial charge in [-0.05, 0) is 24.6 Å². The number of hydrogen-bond donors (Lipinski definition) is 1. The molecule has 6 nitrogen and oxygen atoms in total. The third-order valence-electron chi connectivity index (χ3n) is 3.61. The summed E-state index contributed by atoms with van der Waals surface area (Å²) in [5.41, 5.74) is 2.46. The summed E-state index contributed by atoms with van der Waals surface area (Å²) < 4.78 is 4.70. The highest BCUT2D eigenvalue weighted by Crippen LogP contribution is 2.18. The van der Waals surface area contributed by atoms with Gasteiger partial charge in [-0.15, -0.1) is 0 Å². The molecule has 0 radical (unpaired) electrons. The summed E-state index contributed by atoms with van der Waals surface area (Å²) in [6.45, 7) is 5.13. The predicted molar refractivity (Wildman–Crippen MR) is 80.5 cm³/mol. The zero-order valence-electron chi connectivity index (χ0n) is 12.0. The molecule has 1 N–H and O–H groups in total. The molecule has 1 aromatic heterocycles. The van der Waals surface area contributed by atoms with Crippen LogP contribution in [0.25, 0.3) is 0 Å². The Morgan fingerprint density at radius 3 is 2.71 bits per heavy atom. The molecule has 21 heavy (non-hydrogen) atoms. The van der Waals surface area contributed by atoms with Gasteiger partial charge in [0.15, 0.2) is 5.82 Å². The van der Waals surface area contributed by atoms with E-state index in [1.165, 1.54) is 17.5 Å². The van der Waals surface area contributed by atoms with Gasteiger partial charge in [-0.3, -0.25) is 5.32 Å². The first-order valence-corrected chi connectivity index (χ1v) is 7.00. The first-order valence-electron chi connectivity index (χ1n) is 7.00. The number of urea groups is 1. The molecule has 0 atom stereocenters. The van der Waals surface area contributed by atoms with Crippen LogP contribution in [0.1, 0.15) is 5.56 Å². The Bertz CT molecular complexity index is 604. The molecular formula is C15H18N4O2. The predicted octanol–water partition coefficient (Wildman–Crippen LogP) is 2.34. The molecule has 1 aromatic carbocycles. The van der Waals surface area contributed by atoms with Crippen LogP contribution in [0.15, 0.2) is 41.1 Å². The molecule has 0 unspecified atom stereocenters. The number of rotatable bonds is 2. The molecule has 1 aliphatic rings. The van der Waals surface area contributed by atoms with E-state index < -0.39 is 0 Å². The SMILES string of the molecule is Cc1cccc(N2CCN(C(=O)Nc3ccon3)CC2)c1. The van der Waals surface area contributed by atoms with Crippen molar-refractivity contribution in [1.29, 1.82) is 0 Å². The van der Waals surface area contributed by atoms with Gasteiger partial charge in [0.2, 0.25) is 0 Å². The number of amides is 2. The highest BCUT2D eigenvalue weighted by atomic mass is 16.5. The van der Waals surface area contributed by atoms with Crippen LogP contribution < -0.4 is 10.2 Å². The maximum atomic E-state index is 12.1. The van der Waals surface area contributed by atoms with Gasteiger partial charge < -0.3 is 14.3 Å². The van der Waals surface area contributed by atoms with Gasteiger partial charge in [-0.1, -0.05) is 17.3 Å². The molecule has 0 saturated carbocycles. The second-order valence-corrected chi connectivity index (χ2v) is 5.13. The Morgan fingerprint density at radius 2 is 2.05 bits per heavy atom. The molecule has 1 aliphatic heterocycles. The number of carbonyl (C=O) groups excluding carboxylic acids is 1. The van der Waals surface area contributed by atoms with Crippen LogP contribution in [0.3, 0.4) is 0 Å². The molecule has 0 spiro atoms. The minimum atomic E-state index is -0.132. The summed E-state index contributed by atoms with van der Waals surface area (Å²) in [5, 5.41) is 6.40. The summed E-state index contributed by atoms with van der Waals surface area (Å²) in [5.74, 6) is 0.445. The minimum absolute atomic E-state index is 0.132. The van der Waals surface area contributed by atoms with E-state index in [0.29, 0.717) is 18.9 Å². The lowest BCUT2D eigenvalue weighted by Crippen LogP contribution is -2.50. The maximum Gasteiger partial charge on any atom is 0.323 e. The number of anilines is 2. The number of carbonyl (C=O) groups is 1. The van der Waals surface area contributed by atoms with E-state index in [1.54, 1.807) is 11.0 Å². The quantitative estimate of drug-likeness (QED) is 0.920. The minimum Gasteiger partial charge on any atom is -0.368 e. The zero-order valence-corrected chi connectivity index (χ0v) is 12.0. The average Bonchev–Trinajstić information content (AvgIpc) is 3.00. The fraction of sp³-hybridized carbons (Fsp3) is 0.333. The van der Waals surface area contributed by atoms with Crippen molar-refractivity contribution in [3.05, 3.63) is 42.2 Å². The molecule has 6 heteroatoms. The van der Waals surface area contributed by atoms with Crippen molar-refractivity contribution in [1.82, 2.24) is 10.1 Å². The lowest BCUT2D eigenvalue weighted by molar-refractivity contribution is 0.208. The van der Waals surface area contributed by atoms with E-state index in [2.05, 4.69) is 46.6 Å². The van der Waals surface area contributed by atoms with Gasteiger partial charge >= 0.3 is 6.03 Å². The largest absolute Gasteiger partial charge is 0.368 e. The van der Waals surface area contributed by atoms with Gasteiger partial charge in [0.25, 0.3) is 0 Å². The number of nitrogens with one attached hydrogen (secondary N) is 1. The van der Waals surface area contributed by atoms with E-state index in [1.807, 2.05) is 0 Å². The smallest absolute Gasteiger partial charge is 0.323 e. The number of benzene rings is 1. The standard InChI is InChI=1S/C15H18N4O2/c1-12-3-2-4-13(11-12)18-6-8-19(9-7-18)15(20)16-14-5-10-21-17-14/h2-5,10-11H,6-9H2,1H3,(H,16,17,20). The van der Waals surface area contributed by atoms with Crippen LogP contribution >= 0.6 is 0 Å². The van der Waals surface area contributed by atoms with Crippen molar-refractivity contribution in [3.63, 3.8) is 0 Å². The summed E-state index contributed by atoms with van der Waals surface area (Å²) in [4.78, 5) is 16.2. The van der Waals surface area contributed by atoms with Gasteiger partial charge in [0.05, 0.1) is 0 Å². The number of aromatic nitrogens is 1. The van der Waals surface area contributed by atoms with Crippen molar-refractivity contribution in [2.45, 2.75) is 6.92 Å². The molecule has 110 valence electrons. The highest BCUT2D eigenvalue weighted by Gasteiger charge is 2.21. The van der Waals surface area contributed by atoms with Crippen LogP contribution in [-0.2, 0) is 0 Å². The van der Waals surface area contributed by atoms with E-state index in [0.717, 1.165) is 13.1 Å². The monoisotopic (exact) mass is 286 g/mol. The number of piperazine rings is 1. The van der Waals surface area contributed by atoms with Crippen molar-refractivity contribution >= 4 is 17.5 Å². The fourth-order valence-corrected chi connectivity index (χ4v) is 2.46. The van der Waals surface area contributed by atoms with Crippen molar-refractivity contribution in [3.8, 4) is 0 Å². The Labute approximate surface area is 123 Å². The molecular weight excluding hydrogens is 268 g/mol. The first-order chi connectivity index (χ1) is 10.2. The van der Waals surface area contributed by atoms with Crippen LogP contribution in [0.2, 0.25) is 0 Å². The number of hydrogen-bond acceptors (Lipinski definition) is 4. The van der Waals surface area contributed by atoms with E-state index in [9.17, 15) is 4.79 Å². The van der Waals surface area contributed by atoms with Crippen LogP contribution in [0.5, 0.6) is 0 Å². The first kappa shape index (κ1) is 13.5. The molecule has 1 fully saturated rings. The third kappa shape index (κ3) is 3.16. The van der Waals surface area contributed by atoms with E-state index in [4.69, 9.17) is 4.52 Å². The topological polar surface area (TPSA) is 61.6 Å². The lowest BCUT2D eigenvalue weighted by atomic mass is 10.2. The molecule has 1 saturated heterocycles. The fourth-order valence-electron chi connectivity index (χ4n) is 2.46. The number of nitrogens with zero attached hydrogens (tertiary/aromatic N) is 3.